The largest absolute Gasteiger partial charge is 0.477 e. The normalized spacial score (nSPS) is 16.8. The summed E-state index contributed by atoms with van der Waals surface area (Å²) >= 11 is 1.35. The Balaban J connectivity index is 1.64. The maximum Gasteiger partial charge on any atom is 0.267 e. The van der Waals surface area contributed by atoms with Crippen molar-refractivity contribution >= 4 is 28.8 Å². The number of thiophene rings is 1. The van der Waals surface area contributed by atoms with Gasteiger partial charge in [0.1, 0.15) is 5.75 Å². The van der Waals surface area contributed by atoms with Crippen molar-refractivity contribution < 1.29 is 14.3 Å². The molecule has 102 valence electrons. The number of para-hydroxylation sites is 2. The van der Waals surface area contributed by atoms with Crippen LogP contribution in [0.4, 0.5) is 5.69 Å². The average molecular weight is 288 g/mol. The molecule has 0 aliphatic carbocycles. The number of nitrogens with one attached hydrogen (secondary N) is 2. The molecule has 0 saturated carbocycles. The molecule has 1 aromatic heterocycles. The summed E-state index contributed by atoms with van der Waals surface area (Å²) in [7, 11) is 0. The number of anilines is 1. The molecule has 5 nitrogen and oxygen atoms in total. The number of amides is 2. The van der Waals surface area contributed by atoms with Crippen molar-refractivity contribution in [1.29, 1.82) is 0 Å². The molecule has 0 fully saturated rings. The third kappa shape index (κ3) is 2.50. The van der Waals surface area contributed by atoms with Crippen molar-refractivity contribution in [3.05, 3.63) is 46.7 Å². The first-order valence-electron chi connectivity index (χ1n) is 6.12. The van der Waals surface area contributed by atoms with Crippen LogP contribution in [-0.2, 0) is 4.79 Å². The SMILES string of the molecule is O=C(NCC1Oc2ccccc2NC1=O)c1cccs1. The lowest BCUT2D eigenvalue weighted by Gasteiger charge is -2.25. The predicted octanol–water partition coefficient (Wildman–Crippen LogP) is 1.88. The summed E-state index contributed by atoms with van der Waals surface area (Å²) < 4.78 is 5.59. The number of ether oxygens (including phenoxy) is 1. The molecule has 1 aromatic carbocycles. The maximum absolute atomic E-state index is 11.9. The van der Waals surface area contributed by atoms with E-state index in [4.69, 9.17) is 4.74 Å². The summed E-state index contributed by atoms with van der Waals surface area (Å²) in [5, 5.41) is 7.29. The second-order valence-electron chi connectivity index (χ2n) is 4.28. The molecule has 6 heteroatoms. The minimum atomic E-state index is -0.714. The average Bonchev–Trinajstić information content (AvgIpc) is 2.99. The molecule has 0 spiro atoms. The Kier molecular flexibility index (Phi) is 3.39. The quantitative estimate of drug-likeness (QED) is 0.906. The molecule has 2 amide bonds. The summed E-state index contributed by atoms with van der Waals surface area (Å²) in [6.07, 6.45) is -0.714. The van der Waals surface area contributed by atoms with Crippen molar-refractivity contribution in [2.75, 3.05) is 11.9 Å². The zero-order chi connectivity index (χ0) is 13.9. The Hall–Kier alpha value is -2.34. The van der Waals surface area contributed by atoms with Crippen LogP contribution in [-0.4, -0.2) is 24.5 Å². The number of benzene rings is 1. The van der Waals surface area contributed by atoms with Gasteiger partial charge in [0, 0.05) is 0 Å². The van der Waals surface area contributed by atoms with Gasteiger partial charge in [-0.3, -0.25) is 9.59 Å². The van der Waals surface area contributed by atoms with Gasteiger partial charge in [0.2, 0.25) is 0 Å². The monoisotopic (exact) mass is 288 g/mol. The van der Waals surface area contributed by atoms with Gasteiger partial charge in [-0.2, -0.15) is 0 Å². The number of carbonyl (C=O) groups excluding carboxylic acids is 2. The number of carbonyl (C=O) groups is 2. The van der Waals surface area contributed by atoms with Crippen molar-refractivity contribution in [1.82, 2.24) is 5.32 Å². The van der Waals surface area contributed by atoms with E-state index in [2.05, 4.69) is 10.6 Å². The molecule has 1 aliphatic heterocycles. The summed E-state index contributed by atoms with van der Waals surface area (Å²) in [6.45, 7) is 0.136. The van der Waals surface area contributed by atoms with Crippen molar-refractivity contribution in [2.45, 2.75) is 6.10 Å². The molecule has 1 unspecified atom stereocenters. The third-order valence-electron chi connectivity index (χ3n) is 2.90. The van der Waals surface area contributed by atoms with E-state index in [0.29, 0.717) is 16.3 Å². The molecule has 0 radical (unpaired) electrons. The van der Waals surface area contributed by atoms with E-state index in [9.17, 15) is 9.59 Å². The summed E-state index contributed by atoms with van der Waals surface area (Å²) in [4.78, 5) is 24.3. The van der Waals surface area contributed by atoms with Crippen molar-refractivity contribution in [3.8, 4) is 5.75 Å². The number of fused-ring (bicyclic) bond motifs is 1. The molecule has 2 heterocycles. The van der Waals surface area contributed by atoms with Crippen LogP contribution in [0.15, 0.2) is 41.8 Å². The molecule has 2 N–H and O–H groups in total. The highest BCUT2D eigenvalue weighted by Crippen LogP contribution is 2.28. The highest BCUT2D eigenvalue weighted by Gasteiger charge is 2.27. The van der Waals surface area contributed by atoms with Gasteiger partial charge in [0.25, 0.3) is 11.8 Å². The highest BCUT2D eigenvalue weighted by atomic mass is 32.1. The van der Waals surface area contributed by atoms with Crippen LogP contribution in [0.3, 0.4) is 0 Å². The molecule has 3 rings (SSSR count). The second-order valence-corrected chi connectivity index (χ2v) is 5.23. The number of hydrogen-bond acceptors (Lipinski definition) is 4. The molecule has 0 bridgehead atoms. The fourth-order valence-electron chi connectivity index (χ4n) is 1.91. The summed E-state index contributed by atoms with van der Waals surface area (Å²) in [5.74, 6) is 0.160. The lowest BCUT2D eigenvalue weighted by atomic mass is 10.2. The second kappa shape index (κ2) is 5.34. The fourth-order valence-corrected chi connectivity index (χ4v) is 2.55. The van der Waals surface area contributed by atoms with Gasteiger partial charge in [0.15, 0.2) is 6.10 Å². The Morgan fingerprint density at radius 1 is 1.30 bits per heavy atom. The Morgan fingerprint density at radius 3 is 2.95 bits per heavy atom. The molecular weight excluding hydrogens is 276 g/mol. The first kappa shape index (κ1) is 12.7. The van der Waals surface area contributed by atoms with Gasteiger partial charge in [-0.15, -0.1) is 11.3 Å². The highest BCUT2D eigenvalue weighted by molar-refractivity contribution is 7.12. The van der Waals surface area contributed by atoms with Crippen LogP contribution >= 0.6 is 11.3 Å². The van der Waals surface area contributed by atoms with E-state index in [0.717, 1.165) is 0 Å². The minimum absolute atomic E-state index is 0.136. The van der Waals surface area contributed by atoms with Crippen LogP contribution in [0.5, 0.6) is 5.75 Å². The van der Waals surface area contributed by atoms with Gasteiger partial charge >= 0.3 is 0 Å². The van der Waals surface area contributed by atoms with Crippen LogP contribution in [0.1, 0.15) is 9.67 Å². The van der Waals surface area contributed by atoms with Crippen LogP contribution in [0.25, 0.3) is 0 Å². The van der Waals surface area contributed by atoms with Crippen molar-refractivity contribution in [2.24, 2.45) is 0 Å². The van der Waals surface area contributed by atoms with Gasteiger partial charge < -0.3 is 15.4 Å². The smallest absolute Gasteiger partial charge is 0.267 e. The first-order chi connectivity index (χ1) is 9.74. The predicted molar refractivity (Wildman–Crippen MR) is 76.1 cm³/mol. The van der Waals surface area contributed by atoms with Gasteiger partial charge in [0.05, 0.1) is 17.1 Å². The van der Waals surface area contributed by atoms with Crippen LogP contribution < -0.4 is 15.4 Å². The Morgan fingerprint density at radius 2 is 2.15 bits per heavy atom. The number of rotatable bonds is 3. The first-order valence-corrected chi connectivity index (χ1v) is 7.00. The van der Waals surface area contributed by atoms with E-state index in [-0.39, 0.29) is 18.4 Å². The third-order valence-corrected chi connectivity index (χ3v) is 3.77. The summed E-state index contributed by atoms with van der Waals surface area (Å²) in [5.41, 5.74) is 0.651. The molecule has 0 saturated heterocycles. The minimum Gasteiger partial charge on any atom is -0.477 e. The summed E-state index contributed by atoms with van der Waals surface area (Å²) in [6, 6.07) is 10.7. The van der Waals surface area contributed by atoms with E-state index < -0.39 is 6.10 Å². The maximum atomic E-state index is 11.9. The van der Waals surface area contributed by atoms with Crippen molar-refractivity contribution in [3.63, 3.8) is 0 Å². The van der Waals surface area contributed by atoms with E-state index in [1.807, 2.05) is 17.5 Å². The topological polar surface area (TPSA) is 67.4 Å². The molecular formula is C14H12N2O3S. The lowest BCUT2D eigenvalue weighted by molar-refractivity contribution is -0.123. The van der Waals surface area contributed by atoms with Crippen LogP contribution in [0.2, 0.25) is 0 Å². The van der Waals surface area contributed by atoms with Gasteiger partial charge in [-0.1, -0.05) is 18.2 Å². The van der Waals surface area contributed by atoms with Crippen LogP contribution in [0, 0.1) is 0 Å². The van der Waals surface area contributed by atoms with E-state index in [1.54, 1.807) is 24.3 Å². The Labute approximate surface area is 119 Å². The van der Waals surface area contributed by atoms with Gasteiger partial charge in [-0.25, -0.2) is 0 Å². The molecule has 20 heavy (non-hydrogen) atoms. The molecule has 1 atom stereocenters. The fraction of sp³-hybridized carbons (Fsp3) is 0.143. The lowest BCUT2D eigenvalue weighted by Crippen LogP contribution is -2.45. The zero-order valence-corrected chi connectivity index (χ0v) is 11.3. The zero-order valence-electron chi connectivity index (χ0n) is 10.5. The molecule has 1 aliphatic rings. The van der Waals surface area contributed by atoms with E-state index in [1.165, 1.54) is 11.3 Å². The number of hydrogen-bond donors (Lipinski definition) is 2. The van der Waals surface area contributed by atoms with Gasteiger partial charge in [-0.05, 0) is 23.6 Å². The Bertz CT molecular complexity index is 640. The molecule has 2 aromatic rings. The standard InChI is InChI=1S/C14H12N2O3S/c17-13-11(8-15-14(18)12-6-3-7-20-12)19-10-5-2-1-4-9(10)16-13/h1-7,11H,8H2,(H,15,18)(H,16,17). The van der Waals surface area contributed by atoms with E-state index >= 15 is 0 Å².